The van der Waals surface area contributed by atoms with E-state index in [0.29, 0.717) is 5.56 Å². The number of nitrogens with zero attached hydrogens (tertiary/aromatic N) is 2. The number of H-pyrrole nitrogens is 1. The lowest BCUT2D eigenvalue weighted by atomic mass is 9.99. The molecule has 2 aromatic carbocycles. The minimum Gasteiger partial charge on any atom is -0.346 e. The largest absolute Gasteiger partial charge is 0.416 e. The topological polar surface area (TPSA) is 41.6 Å². The van der Waals surface area contributed by atoms with E-state index < -0.39 is 11.7 Å². The van der Waals surface area contributed by atoms with E-state index in [0.717, 1.165) is 39.5 Å². The highest BCUT2D eigenvalue weighted by molar-refractivity contribution is 6.11. The molecule has 2 heterocycles. The second kappa shape index (κ2) is 4.81. The molecule has 0 spiro atoms. The highest BCUT2D eigenvalue weighted by Gasteiger charge is 2.30. The van der Waals surface area contributed by atoms with Crippen LogP contribution in [0.4, 0.5) is 13.2 Å². The lowest BCUT2D eigenvalue weighted by Crippen LogP contribution is -2.04. The lowest BCUT2D eigenvalue weighted by molar-refractivity contribution is -0.137. The molecule has 6 heteroatoms. The summed E-state index contributed by atoms with van der Waals surface area (Å²) < 4.78 is 38.1. The molecule has 23 heavy (non-hydrogen) atoms. The summed E-state index contributed by atoms with van der Waals surface area (Å²) in [5.41, 5.74) is 2.42. The maximum atomic E-state index is 12.7. The summed E-state index contributed by atoms with van der Waals surface area (Å²) in [4.78, 5) is 11.5. The van der Waals surface area contributed by atoms with Crippen molar-refractivity contribution in [1.82, 2.24) is 15.0 Å². The normalized spacial score (nSPS) is 12.1. The fourth-order valence-electron chi connectivity index (χ4n) is 2.74. The quantitative estimate of drug-likeness (QED) is 0.548. The number of halogens is 3. The van der Waals surface area contributed by atoms with Crippen LogP contribution in [0.1, 0.15) is 5.56 Å². The molecule has 3 nitrogen and oxygen atoms in total. The van der Waals surface area contributed by atoms with Crippen LogP contribution < -0.4 is 0 Å². The Balaban J connectivity index is 1.95. The van der Waals surface area contributed by atoms with Gasteiger partial charge in [0.15, 0.2) is 0 Å². The molecule has 4 aromatic rings. The summed E-state index contributed by atoms with van der Waals surface area (Å²) in [6.07, 6.45) is 0.660. The first-order chi connectivity index (χ1) is 11.0. The molecule has 0 aliphatic heterocycles. The predicted molar refractivity (Wildman–Crippen MR) is 81.8 cm³/mol. The van der Waals surface area contributed by atoms with Crippen LogP contribution in [0.2, 0.25) is 0 Å². The van der Waals surface area contributed by atoms with Gasteiger partial charge >= 0.3 is 6.18 Å². The minimum absolute atomic E-state index is 0.662. The molecule has 0 radical (unpaired) electrons. The van der Waals surface area contributed by atoms with Gasteiger partial charge in [-0.1, -0.05) is 12.1 Å². The van der Waals surface area contributed by atoms with E-state index in [1.165, 1.54) is 12.1 Å². The first kappa shape index (κ1) is 13.8. The summed E-state index contributed by atoms with van der Waals surface area (Å²) >= 11 is 0. The Hall–Kier alpha value is -2.89. The van der Waals surface area contributed by atoms with E-state index in [2.05, 4.69) is 15.0 Å². The molecule has 0 amide bonds. The highest BCUT2D eigenvalue weighted by Crippen LogP contribution is 2.35. The molecular weight excluding hydrogens is 303 g/mol. The average Bonchev–Trinajstić information content (AvgIpc) is 3.03. The summed E-state index contributed by atoms with van der Waals surface area (Å²) in [5.74, 6) is 0. The van der Waals surface area contributed by atoms with Gasteiger partial charge in [-0.25, -0.2) is 4.98 Å². The van der Waals surface area contributed by atoms with Crippen LogP contribution in [-0.4, -0.2) is 15.0 Å². The molecule has 1 N–H and O–H groups in total. The van der Waals surface area contributed by atoms with Gasteiger partial charge in [0, 0.05) is 34.2 Å². The number of aromatic nitrogens is 3. The molecule has 0 bridgehead atoms. The van der Waals surface area contributed by atoms with Crippen molar-refractivity contribution in [3.63, 3.8) is 0 Å². The number of nitrogens with one attached hydrogen (secondary N) is 1. The van der Waals surface area contributed by atoms with Gasteiger partial charge in [-0.3, -0.25) is 4.98 Å². The van der Waals surface area contributed by atoms with Crippen LogP contribution >= 0.6 is 0 Å². The maximum Gasteiger partial charge on any atom is 0.416 e. The third kappa shape index (κ3) is 2.23. The molecule has 0 saturated heterocycles. The molecule has 0 aliphatic rings. The van der Waals surface area contributed by atoms with Gasteiger partial charge in [0.2, 0.25) is 0 Å². The van der Waals surface area contributed by atoms with Gasteiger partial charge in [0.1, 0.15) is 0 Å². The van der Waals surface area contributed by atoms with Crippen molar-refractivity contribution < 1.29 is 13.2 Å². The van der Waals surface area contributed by atoms with E-state index in [1.54, 1.807) is 18.7 Å². The van der Waals surface area contributed by atoms with Gasteiger partial charge in [-0.2, -0.15) is 13.2 Å². The van der Waals surface area contributed by atoms with E-state index in [9.17, 15) is 13.2 Å². The number of aromatic amines is 1. The predicted octanol–water partition coefficient (Wildman–Crippen LogP) is 4.80. The summed E-state index contributed by atoms with van der Waals surface area (Å²) in [6, 6.07) is 8.88. The minimum atomic E-state index is -4.34. The highest BCUT2D eigenvalue weighted by atomic mass is 19.4. The van der Waals surface area contributed by atoms with Gasteiger partial charge < -0.3 is 4.98 Å². The van der Waals surface area contributed by atoms with Gasteiger partial charge in [-0.05, 0) is 29.8 Å². The average molecular weight is 313 g/mol. The molecule has 0 saturated carbocycles. The van der Waals surface area contributed by atoms with Crippen molar-refractivity contribution in [1.29, 1.82) is 0 Å². The van der Waals surface area contributed by atoms with Crippen LogP contribution in [-0.2, 0) is 6.18 Å². The smallest absolute Gasteiger partial charge is 0.346 e. The van der Waals surface area contributed by atoms with Crippen molar-refractivity contribution in [2.45, 2.75) is 6.18 Å². The summed E-state index contributed by atoms with van der Waals surface area (Å²) in [6.45, 7) is 0. The van der Waals surface area contributed by atoms with E-state index in [1.807, 2.05) is 12.1 Å². The molecule has 2 aromatic heterocycles. The summed E-state index contributed by atoms with van der Waals surface area (Å²) in [7, 11) is 0. The third-order valence-corrected chi connectivity index (χ3v) is 3.85. The fraction of sp³-hybridized carbons (Fsp3) is 0.0588. The van der Waals surface area contributed by atoms with Gasteiger partial charge in [0.25, 0.3) is 0 Å². The number of rotatable bonds is 1. The van der Waals surface area contributed by atoms with Crippen molar-refractivity contribution in [3.8, 4) is 11.1 Å². The molecule has 0 aliphatic carbocycles. The Bertz CT molecular complexity index is 1000. The SMILES string of the molecule is FC(F)(F)c1ccc(-c2cc3[nH]cncc3c3ccnc23)cc1. The van der Waals surface area contributed by atoms with Crippen LogP contribution in [0.3, 0.4) is 0 Å². The Labute approximate surface area is 128 Å². The zero-order valence-corrected chi connectivity index (χ0v) is 11.7. The van der Waals surface area contributed by atoms with Crippen LogP contribution in [0.25, 0.3) is 32.9 Å². The maximum absolute atomic E-state index is 12.7. The number of alkyl halides is 3. The van der Waals surface area contributed by atoms with Gasteiger partial charge in [-0.15, -0.1) is 0 Å². The van der Waals surface area contributed by atoms with Crippen LogP contribution in [0.15, 0.2) is 55.1 Å². The van der Waals surface area contributed by atoms with Crippen molar-refractivity contribution >= 4 is 21.8 Å². The second-order valence-corrected chi connectivity index (χ2v) is 5.22. The van der Waals surface area contributed by atoms with Gasteiger partial charge in [0.05, 0.1) is 17.4 Å². The molecule has 0 fully saturated rings. The lowest BCUT2D eigenvalue weighted by Gasteiger charge is -2.09. The Morgan fingerprint density at radius 2 is 1.74 bits per heavy atom. The number of hydrogen-bond donors (Lipinski definition) is 1. The Morgan fingerprint density at radius 1 is 0.957 bits per heavy atom. The molecule has 4 rings (SSSR count). The Morgan fingerprint density at radius 3 is 2.48 bits per heavy atom. The Kier molecular flexibility index (Phi) is 2.87. The third-order valence-electron chi connectivity index (χ3n) is 3.85. The second-order valence-electron chi connectivity index (χ2n) is 5.22. The molecule has 0 unspecified atom stereocenters. The first-order valence-corrected chi connectivity index (χ1v) is 6.91. The number of benzene rings is 2. The monoisotopic (exact) mass is 313 g/mol. The molecule has 114 valence electrons. The van der Waals surface area contributed by atoms with Crippen LogP contribution in [0, 0.1) is 0 Å². The zero-order chi connectivity index (χ0) is 16.0. The van der Waals surface area contributed by atoms with Crippen molar-refractivity contribution in [3.05, 3.63) is 60.7 Å². The zero-order valence-electron chi connectivity index (χ0n) is 11.7. The van der Waals surface area contributed by atoms with Crippen LogP contribution in [0.5, 0.6) is 0 Å². The number of hydrogen-bond acceptors (Lipinski definition) is 2. The van der Waals surface area contributed by atoms with E-state index in [4.69, 9.17) is 0 Å². The summed E-state index contributed by atoms with van der Waals surface area (Å²) in [5, 5.41) is 1.84. The first-order valence-electron chi connectivity index (χ1n) is 6.91. The van der Waals surface area contributed by atoms with E-state index in [-0.39, 0.29) is 0 Å². The fourth-order valence-corrected chi connectivity index (χ4v) is 2.74. The molecular formula is C17H10F3N3. The van der Waals surface area contributed by atoms with E-state index >= 15 is 0 Å². The molecule has 0 atom stereocenters. The van der Waals surface area contributed by atoms with Crippen molar-refractivity contribution in [2.75, 3.05) is 0 Å². The number of fused-ring (bicyclic) bond motifs is 3. The standard InChI is InChI=1S/C17H10F3N3/c18-17(19,20)11-3-1-10(2-4-11)13-7-15-14(8-21-9-23-15)12-5-6-22-16(12)13/h1-9H,(H,21,23). The van der Waals surface area contributed by atoms with Crippen molar-refractivity contribution in [2.24, 2.45) is 0 Å².